The third kappa shape index (κ3) is 2.54. The number of nitrogens with two attached hydrogens (primary N) is 1. The second-order valence-electron chi connectivity index (χ2n) is 3.47. The Bertz CT molecular complexity index is 337. The van der Waals surface area contributed by atoms with Gasteiger partial charge in [0.1, 0.15) is 5.82 Å². The lowest BCUT2D eigenvalue weighted by Gasteiger charge is -2.27. The van der Waals surface area contributed by atoms with E-state index in [1.165, 1.54) is 0 Å². The Morgan fingerprint density at radius 2 is 2.20 bits per heavy atom. The highest BCUT2D eigenvalue weighted by molar-refractivity contribution is 5.44. The summed E-state index contributed by atoms with van der Waals surface area (Å²) in [5.41, 5.74) is 9.72. The van der Waals surface area contributed by atoms with Gasteiger partial charge < -0.3 is 15.9 Å². The van der Waals surface area contributed by atoms with E-state index < -0.39 is 0 Å². The first-order valence-corrected chi connectivity index (χ1v) is 4.94. The number of morpholine rings is 1. The Morgan fingerprint density at radius 3 is 2.93 bits per heavy atom. The van der Waals surface area contributed by atoms with Crippen molar-refractivity contribution in [2.24, 2.45) is 0 Å². The zero-order valence-corrected chi connectivity index (χ0v) is 8.73. The van der Waals surface area contributed by atoms with Crippen molar-refractivity contribution in [2.45, 2.75) is 6.92 Å². The summed E-state index contributed by atoms with van der Waals surface area (Å²) in [6, 6.07) is 0. The number of rotatable bonds is 2. The van der Waals surface area contributed by atoms with Crippen LogP contribution in [0.1, 0.15) is 5.56 Å². The van der Waals surface area contributed by atoms with Crippen LogP contribution in [0.4, 0.5) is 11.8 Å². The van der Waals surface area contributed by atoms with Crippen LogP contribution in [0.25, 0.3) is 0 Å². The van der Waals surface area contributed by atoms with E-state index in [0.29, 0.717) is 0 Å². The summed E-state index contributed by atoms with van der Waals surface area (Å²) >= 11 is 0. The number of anilines is 2. The van der Waals surface area contributed by atoms with E-state index in [-0.39, 0.29) is 5.95 Å². The van der Waals surface area contributed by atoms with Crippen molar-refractivity contribution in [1.29, 1.82) is 0 Å². The van der Waals surface area contributed by atoms with E-state index in [1.807, 2.05) is 6.92 Å². The zero-order valence-electron chi connectivity index (χ0n) is 8.73. The van der Waals surface area contributed by atoms with Gasteiger partial charge in [0, 0.05) is 24.8 Å². The second kappa shape index (κ2) is 4.41. The van der Waals surface area contributed by atoms with Gasteiger partial charge in [0.05, 0.1) is 13.2 Å². The van der Waals surface area contributed by atoms with E-state index in [4.69, 9.17) is 10.5 Å². The summed E-state index contributed by atoms with van der Waals surface area (Å²) in [6.45, 7) is 5.13. The Balaban J connectivity index is 2.05. The predicted octanol–water partition coefficient (Wildman–Crippen LogP) is 0.0263. The lowest BCUT2D eigenvalue weighted by molar-refractivity contribution is 0.0494. The van der Waals surface area contributed by atoms with Crippen LogP contribution in [0.5, 0.6) is 0 Å². The molecule has 1 aromatic heterocycles. The maximum Gasteiger partial charge on any atom is 0.221 e. The van der Waals surface area contributed by atoms with Crippen molar-refractivity contribution >= 4 is 11.8 Å². The summed E-state index contributed by atoms with van der Waals surface area (Å²) in [5, 5.41) is 2.07. The lowest BCUT2D eigenvalue weighted by atomic mass is 10.3. The number of aromatic nitrogens is 2. The zero-order chi connectivity index (χ0) is 10.7. The molecule has 0 atom stereocenters. The summed E-state index contributed by atoms with van der Waals surface area (Å²) in [7, 11) is 0. The third-order valence-electron chi connectivity index (χ3n) is 2.27. The smallest absolute Gasteiger partial charge is 0.221 e. The highest BCUT2D eigenvalue weighted by Crippen LogP contribution is 2.12. The topological polar surface area (TPSA) is 76.3 Å². The van der Waals surface area contributed by atoms with Gasteiger partial charge in [0.2, 0.25) is 5.95 Å². The largest absolute Gasteiger partial charge is 0.379 e. The minimum absolute atomic E-state index is 0.288. The van der Waals surface area contributed by atoms with Crippen molar-refractivity contribution in [3.8, 4) is 0 Å². The predicted molar refractivity (Wildman–Crippen MR) is 57.2 cm³/mol. The molecule has 2 rings (SSSR count). The first-order chi connectivity index (χ1) is 7.25. The quantitative estimate of drug-likeness (QED) is 0.715. The van der Waals surface area contributed by atoms with Crippen LogP contribution in [0, 0.1) is 6.92 Å². The van der Waals surface area contributed by atoms with Gasteiger partial charge in [0.15, 0.2) is 0 Å². The number of aryl methyl sites for hydroxylation is 1. The first kappa shape index (κ1) is 10.1. The van der Waals surface area contributed by atoms with E-state index in [1.54, 1.807) is 6.20 Å². The third-order valence-corrected chi connectivity index (χ3v) is 2.27. The van der Waals surface area contributed by atoms with E-state index in [2.05, 4.69) is 20.4 Å². The number of nitrogens with zero attached hydrogens (tertiary/aromatic N) is 3. The van der Waals surface area contributed by atoms with Crippen molar-refractivity contribution in [3.05, 3.63) is 11.8 Å². The van der Waals surface area contributed by atoms with Gasteiger partial charge in [-0.3, -0.25) is 0 Å². The molecule has 1 aliphatic heterocycles. The van der Waals surface area contributed by atoms with Gasteiger partial charge in [-0.05, 0) is 6.92 Å². The maximum absolute atomic E-state index is 5.53. The molecule has 1 aliphatic rings. The van der Waals surface area contributed by atoms with Gasteiger partial charge in [-0.2, -0.15) is 4.98 Å². The molecule has 82 valence electrons. The average molecular weight is 209 g/mol. The summed E-state index contributed by atoms with van der Waals surface area (Å²) < 4.78 is 5.25. The normalized spacial score (nSPS) is 17.7. The number of hydrazine groups is 1. The van der Waals surface area contributed by atoms with Gasteiger partial charge in [-0.25, -0.2) is 9.99 Å². The Labute approximate surface area is 88.4 Å². The maximum atomic E-state index is 5.53. The lowest BCUT2D eigenvalue weighted by Crippen LogP contribution is -2.40. The summed E-state index contributed by atoms with van der Waals surface area (Å²) in [6.07, 6.45) is 1.71. The Kier molecular flexibility index (Phi) is 2.98. The molecule has 0 aromatic carbocycles. The molecule has 0 bridgehead atoms. The van der Waals surface area contributed by atoms with Crippen LogP contribution in [0.15, 0.2) is 6.20 Å². The highest BCUT2D eigenvalue weighted by Gasteiger charge is 2.11. The molecule has 1 fully saturated rings. The fraction of sp³-hybridized carbons (Fsp3) is 0.556. The fourth-order valence-corrected chi connectivity index (χ4v) is 1.39. The van der Waals surface area contributed by atoms with Crippen LogP contribution in [0.3, 0.4) is 0 Å². The van der Waals surface area contributed by atoms with E-state index >= 15 is 0 Å². The van der Waals surface area contributed by atoms with Gasteiger partial charge in [-0.15, -0.1) is 0 Å². The van der Waals surface area contributed by atoms with Crippen molar-refractivity contribution in [2.75, 3.05) is 37.5 Å². The fourth-order valence-electron chi connectivity index (χ4n) is 1.39. The van der Waals surface area contributed by atoms with E-state index in [0.717, 1.165) is 37.7 Å². The van der Waals surface area contributed by atoms with Crippen LogP contribution < -0.4 is 11.2 Å². The summed E-state index contributed by atoms with van der Waals surface area (Å²) in [4.78, 5) is 8.06. The van der Waals surface area contributed by atoms with Crippen LogP contribution in [-0.4, -0.2) is 41.3 Å². The van der Waals surface area contributed by atoms with Crippen molar-refractivity contribution in [3.63, 3.8) is 0 Å². The summed E-state index contributed by atoms with van der Waals surface area (Å²) in [5.74, 6) is 1.06. The monoisotopic (exact) mass is 209 g/mol. The molecule has 1 saturated heterocycles. The SMILES string of the molecule is Cc1cnc(N)nc1NN1CCOCC1. The number of nitrogen functional groups attached to an aromatic ring is 1. The molecule has 0 unspecified atom stereocenters. The molecule has 6 nitrogen and oxygen atoms in total. The van der Waals surface area contributed by atoms with Gasteiger partial charge in [0.25, 0.3) is 0 Å². The molecule has 1 aromatic rings. The second-order valence-corrected chi connectivity index (χ2v) is 3.47. The minimum atomic E-state index is 0.288. The molecule has 15 heavy (non-hydrogen) atoms. The Hall–Kier alpha value is -1.40. The molecule has 0 radical (unpaired) electrons. The Morgan fingerprint density at radius 1 is 1.47 bits per heavy atom. The van der Waals surface area contributed by atoms with E-state index in [9.17, 15) is 0 Å². The number of nitrogens with one attached hydrogen (secondary N) is 1. The van der Waals surface area contributed by atoms with Crippen molar-refractivity contribution < 1.29 is 4.74 Å². The molecular weight excluding hydrogens is 194 g/mol. The highest BCUT2D eigenvalue weighted by atomic mass is 16.5. The number of hydrogen-bond donors (Lipinski definition) is 2. The van der Waals surface area contributed by atoms with Crippen LogP contribution in [0.2, 0.25) is 0 Å². The average Bonchev–Trinajstić information content (AvgIpc) is 2.25. The molecule has 6 heteroatoms. The van der Waals surface area contributed by atoms with Crippen LogP contribution in [-0.2, 0) is 4.74 Å². The first-order valence-electron chi connectivity index (χ1n) is 4.94. The number of hydrogen-bond acceptors (Lipinski definition) is 6. The molecule has 3 N–H and O–H groups in total. The number of ether oxygens (including phenoxy) is 1. The molecule has 0 aliphatic carbocycles. The van der Waals surface area contributed by atoms with Gasteiger partial charge >= 0.3 is 0 Å². The molecule has 0 amide bonds. The standard InChI is InChI=1S/C9H15N5O/c1-7-6-11-9(10)12-8(7)13-14-2-4-15-5-3-14/h6H,2-5H2,1H3,(H3,10,11,12,13). The van der Waals surface area contributed by atoms with Gasteiger partial charge in [-0.1, -0.05) is 0 Å². The van der Waals surface area contributed by atoms with Crippen LogP contribution >= 0.6 is 0 Å². The molecule has 2 heterocycles. The van der Waals surface area contributed by atoms with Crippen molar-refractivity contribution in [1.82, 2.24) is 15.0 Å². The molecule has 0 spiro atoms. The molecular formula is C9H15N5O. The minimum Gasteiger partial charge on any atom is -0.379 e. The molecule has 0 saturated carbocycles.